The van der Waals surface area contributed by atoms with Gasteiger partial charge in [0.25, 0.3) is 0 Å². The Labute approximate surface area is 118 Å². The highest BCUT2D eigenvalue weighted by Gasteiger charge is 2.30. The van der Waals surface area contributed by atoms with Crippen molar-refractivity contribution in [1.29, 1.82) is 0 Å². The van der Waals surface area contributed by atoms with E-state index in [1.165, 1.54) is 31.9 Å². The van der Waals surface area contributed by atoms with Crippen molar-refractivity contribution in [2.24, 2.45) is 11.8 Å². The average molecular weight is 288 g/mol. The van der Waals surface area contributed by atoms with Crippen LogP contribution in [-0.2, 0) is 10.0 Å². The van der Waals surface area contributed by atoms with Crippen molar-refractivity contribution in [3.8, 4) is 0 Å². The summed E-state index contributed by atoms with van der Waals surface area (Å²) in [7, 11) is -3.00. The van der Waals surface area contributed by atoms with Crippen molar-refractivity contribution in [3.63, 3.8) is 0 Å². The Morgan fingerprint density at radius 1 is 1.21 bits per heavy atom. The van der Waals surface area contributed by atoms with Crippen LogP contribution in [0.2, 0.25) is 0 Å². The van der Waals surface area contributed by atoms with Gasteiger partial charge in [-0.2, -0.15) is 0 Å². The smallest absolute Gasteiger partial charge is 0.211 e. The molecule has 1 saturated heterocycles. The molecule has 4 nitrogen and oxygen atoms in total. The molecular weight excluding hydrogens is 260 g/mol. The highest BCUT2D eigenvalue weighted by molar-refractivity contribution is 7.88. The van der Waals surface area contributed by atoms with Gasteiger partial charge in [0.15, 0.2) is 0 Å². The third-order valence-corrected chi connectivity index (χ3v) is 5.65. The van der Waals surface area contributed by atoms with Gasteiger partial charge < -0.3 is 5.32 Å². The molecule has 1 N–H and O–H groups in total. The fourth-order valence-corrected chi connectivity index (χ4v) is 4.17. The van der Waals surface area contributed by atoms with Gasteiger partial charge in [0.1, 0.15) is 0 Å². The molecule has 2 fully saturated rings. The summed E-state index contributed by atoms with van der Waals surface area (Å²) in [6, 6.07) is 0.585. The van der Waals surface area contributed by atoms with Crippen molar-refractivity contribution in [3.05, 3.63) is 0 Å². The van der Waals surface area contributed by atoms with Crippen LogP contribution in [0.1, 0.15) is 45.4 Å². The zero-order valence-electron chi connectivity index (χ0n) is 12.3. The van der Waals surface area contributed by atoms with Crippen LogP contribution in [0.15, 0.2) is 0 Å². The van der Waals surface area contributed by atoms with Crippen molar-refractivity contribution in [2.45, 2.75) is 51.5 Å². The molecule has 0 aromatic carbocycles. The molecule has 0 spiro atoms. The summed E-state index contributed by atoms with van der Waals surface area (Å²) >= 11 is 0. The first-order chi connectivity index (χ1) is 8.99. The summed E-state index contributed by atoms with van der Waals surface area (Å²) in [5.74, 6) is 1.46. The van der Waals surface area contributed by atoms with Gasteiger partial charge in [-0.15, -0.1) is 0 Å². The zero-order chi connectivity index (χ0) is 13.9. The number of rotatable bonds is 7. The first-order valence-electron chi connectivity index (χ1n) is 7.67. The minimum absolute atomic E-state index is 0.534. The molecule has 1 aliphatic heterocycles. The SMILES string of the molecule is CCNC(CC1CC1)CC1CCCN(S(C)(=O)=O)C1. The molecular formula is C14H28N2O2S. The Bertz CT molecular complexity index is 379. The average Bonchev–Trinajstić information content (AvgIpc) is 3.12. The second-order valence-corrected chi connectivity index (χ2v) is 8.28. The molecule has 1 saturated carbocycles. The minimum Gasteiger partial charge on any atom is -0.314 e. The van der Waals surface area contributed by atoms with Crippen LogP contribution in [0.5, 0.6) is 0 Å². The van der Waals surface area contributed by atoms with E-state index in [4.69, 9.17) is 0 Å². The highest BCUT2D eigenvalue weighted by Crippen LogP contribution is 2.35. The Hall–Kier alpha value is -0.130. The van der Waals surface area contributed by atoms with E-state index < -0.39 is 10.0 Å². The summed E-state index contributed by atoms with van der Waals surface area (Å²) in [6.07, 6.45) is 8.73. The predicted octanol–water partition coefficient (Wildman–Crippen LogP) is 1.83. The van der Waals surface area contributed by atoms with Crippen LogP contribution in [0.4, 0.5) is 0 Å². The maximum Gasteiger partial charge on any atom is 0.211 e. The number of piperidine rings is 1. The molecule has 112 valence electrons. The summed E-state index contributed by atoms with van der Waals surface area (Å²) in [6.45, 7) is 4.61. The normalized spacial score (nSPS) is 27.4. The van der Waals surface area contributed by atoms with Gasteiger partial charge in [-0.3, -0.25) is 0 Å². The number of sulfonamides is 1. The van der Waals surface area contributed by atoms with Gasteiger partial charge in [0.2, 0.25) is 10.0 Å². The number of hydrogen-bond acceptors (Lipinski definition) is 3. The highest BCUT2D eigenvalue weighted by atomic mass is 32.2. The standard InChI is InChI=1S/C14H28N2O2S/c1-3-15-14(9-12-6-7-12)10-13-5-4-8-16(11-13)19(2,17)18/h12-15H,3-11H2,1-2H3. The molecule has 2 aliphatic rings. The second-order valence-electron chi connectivity index (χ2n) is 6.30. The van der Waals surface area contributed by atoms with E-state index in [1.54, 1.807) is 4.31 Å². The van der Waals surface area contributed by atoms with Gasteiger partial charge in [-0.25, -0.2) is 12.7 Å². The van der Waals surface area contributed by atoms with Crippen LogP contribution < -0.4 is 5.32 Å². The van der Waals surface area contributed by atoms with Gasteiger partial charge in [0, 0.05) is 19.1 Å². The van der Waals surface area contributed by atoms with Crippen molar-refractivity contribution in [2.75, 3.05) is 25.9 Å². The second kappa shape index (κ2) is 6.55. The fourth-order valence-electron chi connectivity index (χ4n) is 3.23. The Morgan fingerprint density at radius 3 is 2.47 bits per heavy atom. The summed E-state index contributed by atoms with van der Waals surface area (Å²) in [4.78, 5) is 0. The van der Waals surface area contributed by atoms with Crippen molar-refractivity contribution in [1.82, 2.24) is 9.62 Å². The lowest BCUT2D eigenvalue weighted by molar-refractivity contribution is 0.233. The van der Waals surface area contributed by atoms with Gasteiger partial charge in [-0.1, -0.05) is 19.8 Å². The van der Waals surface area contributed by atoms with E-state index in [0.29, 0.717) is 18.5 Å². The molecule has 2 atom stereocenters. The van der Waals surface area contributed by atoms with E-state index in [2.05, 4.69) is 12.2 Å². The zero-order valence-corrected chi connectivity index (χ0v) is 13.1. The van der Waals surface area contributed by atoms with Crippen LogP contribution in [0, 0.1) is 11.8 Å². The summed E-state index contributed by atoms with van der Waals surface area (Å²) < 4.78 is 25.0. The molecule has 1 aliphatic carbocycles. The number of hydrogen-bond donors (Lipinski definition) is 1. The maximum atomic E-state index is 11.6. The molecule has 2 rings (SSSR count). The van der Waals surface area contributed by atoms with Gasteiger partial charge >= 0.3 is 0 Å². The lowest BCUT2D eigenvalue weighted by Gasteiger charge is -2.33. The number of nitrogens with one attached hydrogen (secondary N) is 1. The van der Waals surface area contributed by atoms with Crippen molar-refractivity contribution >= 4 is 10.0 Å². The Morgan fingerprint density at radius 2 is 1.89 bits per heavy atom. The molecule has 0 amide bonds. The Kier molecular flexibility index (Phi) is 5.26. The van der Waals surface area contributed by atoms with Crippen LogP contribution in [-0.4, -0.2) is 44.7 Å². The van der Waals surface area contributed by atoms with Gasteiger partial charge in [-0.05, 0) is 44.1 Å². The van der Waals surface area contributed by atoms with Crippen LogP contribution >= 0.6 is 0 Å². The van der Waals surface area contributed by atoms with E-state index in [0.717, 1.165) is 31.8 Å². The fraction of sp³-hybridized carbons (Fsp3) is 1.00. The van der Waals surface area contributed by atoms with Crippen molar-refractivity contribution < 1.29 is 8.42 Å². The molecule has 0 bridgehead atoms. The van der Waals surface area contributed by atoms with E-state index in [1.807, 2.05) is 0 Å². The van der Waals surface area contributed by atoms with Crippen LogP contribution in [0.3, 0.4) is 0 Å². The largest absolute Gasteiger partial charge is 0.314 e. The lowest BCUT2D eigenvalue weighted by Crippen LogP contribution is -2.42. The van der Waals surface area contributed by atoms with Gasteiger partial charge in [0.05, 0.1) is 6.26 Å². The third-order valence-electron chi connectivity index (χ3n) is 4.38. The van der Waals surface area contributed by atoms with E-state index >= 15 is 0 Å². The molecule has 1 heterocycles. The lowest BCUT2D eigenvalue weighted by atomic mass is 9.90. The maximum absolute atomic E-state index is 11.6. The molecule has 19 heavy (non-hydrogen) atoms. The molecule has 5 heteroatoms. The quantitative estimate of drug-likeness (QED) is 0.777. The third kappa shape index (κ3) is 5.04. The predicted molar refractivity (Wildman–Crippen MR) is 78.6 cm³/mol. The van der Waals surface area contributed by atoms with Crippen LogP contribution in [0.25, 0.3) is 0 Å². The summed E-state index contributed by atoms with van der Waals surface area (Å²) in [5.41, 5.74) is 0. The first-order valence-corrected chi connectivity index (χ1v) is 9.52. The topological polar surface area (TPSA) is 49.4 Å². The molecule has 0 aromatic heterocycles. The van der Waals surface area contributed by atoms with E-state index in [-0.39, 0.29) is 0 Å². The molecule has 0 radical (unpaired) electrons. The Balaban J connectivity index is 1.85. The first kappa shape index (κ1) is 15.3. The summed E-state index contributed by atoms with van der Waals surface area (Å²) in [5, 5.41) is 3.59. The monoisotopic (exact) mass is 288 g/mol. The molecule has 0 aromatic rings. The van der Waals surface area contributed by atoms with E-state index in [9.17, 15) is 8.42 Å². The minimum atomic E-state index is -3.00. The number of nitrogens with zero attached hydrogens (tertiary/aromatic N) is 1. The molecule has 2 unspecified atom stereocenters.